The first kappa shape index (κ1) is 22.7. The van der Waals surface area contributed by atoms with Crippen molar-refractivity contribution < 1.29 is 0 Å². The van der Waals surface area contributed by atoms with Gasteiger partial charge in [0.15, 0.2) is 0 Å². The van der Waals surface area contributed by atoms with Crippen LogP contribution >= 0.6 is 11.8 Å². The van der Waals surface area contributed by atoms with Crippen molar-refractivity contribution in [2.75, 3.05) is 4.90 Å². The Bertz CT molecular complexity index is 1920. The van der Waals surface area contributed by atoms with Gasteiger partial charge in [0.2, 0.25) is 0 Å². The van der Waals surface area contributed by atoms with Crippen LogP contribution in [0.4, 0.5) is 11.4 Å². The maximum Gasteiger partial charge on any atom is 0.0607 e. The largest absolute Gasteiger partial charge is 0.354 e. The van der Waals surface area contributed by atoms with Gasteiger partial charge in [-0.1, -0.05) is 97.2 Å². The SMILES string of the molecule is C=C/C=C1\C(=C/C)Sc2ccc(-c3ccc4c(c3)[nH]c3ccc5ccccc5c34)cc2N1c1ccccc1. The Hall–Kier alpha value is -4.47. The lowest BCUT2D eigenvalue weighted by Gasteiger charge is -2.35. The monoisotopic (exact) mass is 506 g/mol. The van der Waals surface area contributed by atoms with E-state index in [4.69, 9.17) is 0 Å². The molecule has 0 spiro atoms. The summed E-state index contributed by atoms with van der Waals surface area (Å²) >= 11 is 1.81. The Balaban J connectivity index is 1.40. The van der Waals surface area contributed by atoms with E-state index in [1.165, 1.54) is 53.7 Å². The molecule has 0 aliphatic carbocycles. The minimum absolute atomic E-state index is 1.14. The van der Waals surface area contributed by atoms with Crippen molar-refractivity contribution >= 4 is 55.7 Å². The number of allylic oxidation sites excluding steroid dienone is 3. The zero-order valence-electron chi connectivity index (χ0n) is 21.1. The third-order valence-corrected chi connectivity index (χ3v) is 8.52. The number of rotatable bonds is 3. The number of thioether (sulfide) groups is 1. The van der Waals surface area contributed by atoms with Crippen molar-refractivity contribution in [2.45, 2.75) is 11.8 Å². The van der Waals surface area contributed by atoms with Gasteiger partial charge >= 0.3 is 0 Å². The first-order valence-corrected chi connectivity index (χ1v) is 13.7. The molecule has 1 aliphatic rings. The predicted octanol–water partition coefficient (Wildman–Crippen LogP) is 10.4. The summed E-state index contributed by atoms with van der Waals surface area (Å²) < 4.78 is 0. The van der Waals surface area contributed by atoms with Gasteiger partial charge in [-0.2, -0.15) is 0 Å². The second-order valence-corrected chi connectivity index (χ2v) is 10.6. The number of hydrogen-bond acceptors (Lipinski definition) is 2. The van der Waals surface area contributed by atoms with Crippen molar-refractivity contribution in [3.8, 4) is 11.1 Å². The van der Waals surface area contributed by atoms with Crippen molar-refractivity contribution in [1.82, 2.24) is 4.98 Å². The number of nitrogens with one attached hydrogen (secondary N) is 1. The maximum absolute atomic E-state index is 4.00. The molecule has 0 atom stereocenters. The van der Waals surface area contributed by atoms with Crippen LogP contribution in [0.2, 0.25) is 0 Å². The zero-order chi connectivity index (χ0) is 25.6. The predicted molar refractivity (Wildman–Crippen MR) is 165 cm³/mol. The number of H-pyrrole nitrogens is 1. The van der Waals surface area contributed by atoms with Gasteiger partial charge in [0.1, 0.15) is 0 Å². The van der Waals surface area contributed by atoms with E-state index in [0.29, 0.717) is 0 Å². The average molecular weight is 507 g/mol. The molecule has 0 fully saturated rings. The fraction of sp³-hybridized carbons (Fsp3) is 0.0286. The molecular weight excluding hydrogens is 480 g/mol. The molecule has 2 heterocycles. The van der Waals surface area contributed by atoms with Gasteiger partial charge < -0.3 is 9.88 Å². The van der Waals surface area contributed by atoms with Gasteiger partial charge in [0.25, 0.3) is 0 Å². The molecule has 0 saturated heterocycles. The van der Waals surface area contributed by atoms with E-state index in [1.807, 2.05) is 17.8 Å². The highest BCUT2D eigenvalue weighted by atomic mass is 32.2. The van der Waals surface area contributed by atoms with Gasteiger partial charge in [0.05, 0.1) is 11.4 Å². The van der Waals surface area contributed by atoms with Crippen LogP contribution in [-0.2, 0) is 0 Å². The summed E-state index contributed by atoms with van der Waals surface area (Å²) in [6.07, 6.45) is 6.16. The van der Waals surface area contributed by atoms with Crippen LogP contribution in [-0.4, -0.2) is 4.98 Å². The summed E-state index contributed by atoms with van der Waals surface area (Å²) in [7, 11) is 0. The molecule has 6 aromatic rings. The van der Waals surface area contributed by atoms with E-state index in [2.05, 4.69) is 139 Å². The lowest BCUT2D eigenvalue weighted by atomic mass is 10.00. The summed E-state index contributed by atoms with van der Waals surface area (Å²) in [5.41, 5.74) is 8.17. The lowest BCUT2D eigenvalue weighted by molar-refractivity contribution is 1.14. The van der Waals surface area contributed by atoms with Crippen molar-refractivity contribution in [3.63, 3.8) is 0 Å². The Morgan fingerprint density at radius 1 is 0.763 bits per heavy atom. The first-order chi connectivity index (χ1) is 18.7. The highest BCUT2D eigenvalue weighted by molar-refractivity contribution is 8.03. The second-order valence-electron chi connectivity index (χ2n) is 9.49. The molecule has 1 aromatic heterocycles. The first-order valence-electron chi connectivity index (χ1n) is 12.9. The number of nitrogens with zero attached hydrogens (tertiary/aromatic N) is 1. The second kappa shape index (κ2) is 9.13. The standard InChI is InChI=1S/C35H26N2S/c1-3-10-31-33(4-2)38-34-20-17-25(22-32(34)37(31)26-12-6-5-7-13-26)24-15-18-28-30(21-24)36-29-19-16-23-11-8-9-14-27(23)35(28)29/h3-22,36H,1H2,2H3/b31-10+,33-4+. The van der Waals surface area contributed by atoms with Crippen LogP contribution in [0.25, 0.3) is 43.7 Å². The molecule has 0 radical (unpaired) electrons. The van der Waals surface area contributed by atoms with Crippen LogP contribution in [0.15, 0.2) is 143 Å². The third-order valence-electron chi connectivity index (χ3n) is 7.29. The Labute approximate surface area is 226 Å². The maximum atomic E-state index is 4.00. The number of benzene rings is 5. The van der Waals surface area contributed by atoms with Gasteiger partial charge in [-0.25, -0.2) is 0 Å². The fourth-order valence-electron chi connectivity index (χ4n) is 5.56. The van der Waals surface area contributed by atoms with E-state index in [0.717, 1.165) is 16.9 Å². The molecule has 0 amide bonds. The van der Waals surface area contributed by atoms with Gasteiger partial charge in [-0.15, -0.1) is 0 Å². The number of aromatic amines is 1. The lowest BCUT2D eigenvalue weighted by Crippen LogP contribution is -2.21. The molecule has 0 unspecified atom stereocenters. The topological polar surface area (TPSA) is 19.0 Å². The number of para-hydroxylation sites is 1. The van der Waals surface area contributed by atoms with E-state index in [-0.39, 0.29) is 0 Å². The molecule has 182 valence electrons. The van der Waals surface area contributed by atoms with Gasteiger partial charge in [0, 0.05) is 37.3 Å². The minimum atomic E-state index is 1.14. The Morgan fingerprint density at radius 2 is 1.55 bits per heavy atom. The number of anilines is 2. The third kappa shape index (κ3) is 3.59. The highest BCUT2D eigenvalue weighted by Gasteiger charge is 2.27. The normalized spacial score (nSPS) is 15.6. The molecule has 1 N–H and O–H groups in total. The van der Waals surface area contributed by atoms with Crippen molar-refractivity contribution in [2.24, 2.45) is 0 Å². The summed E-state index contributed by atoms with van der Waals surface area (Å²) in [5.74, 6) is 0. The van der Waals surface area contributed by atoms with E-state index < -0.39 is 0 Å². The zero-order valence-corrected chi connectivity index (χ0v) is 21.9. The summed E-state index contributed by atoms with van der Waals surface area (Å²) in [5, 5.41) is 5.10. The van der Waals surface area contributed by atoms with Gasteiger partial charge in [-0.05, 0) is 71.3 Å². The average Bonchev–Trinajstić information content (AvgIpc) is 3.35. The van der Waals surface area contributed by atoms with Crippen LogP contribution in [0.3, 0.4) is 0 Å². The smallest absolute Gasteiger partial charge is 0.0607 e. The molecular formula is C35H26N2S. The van der Waals surface area contributed by atoms with Crippen molar-refractivity contribution in [3.05, 3.63) is 139 Å². The molecule has 1 aliphatic heterocycles. The van der Waals surface area contributed by atoms with Crippen LogP contribution in [0.5, 0.6) is 0 Å². The summed E-state index contributed by atoms with van der Waals surface area (Å²) in [6.45, 7) is 6.09. The van der Waals surface area contributed by atoms with Crippen LogP contribution in [0, 0.1) is 0 Å². The molecule has 0 saturated carbocycles. The number of hydrogen-bond donors (Lipinski definition) is 1. The van der Waals surface area contributed by atoms with E-state index in [9.17, 15) is 0 Å². The quantitative estimate of drug-likeness (QED) is 0.257. The summed E-state index contributed by atoms with van der Waals surface area (Å²) in [4.78, 5) is 8.48. The van der Waals surface area contributed by atoms with Crippen molar-refractivity contribution in [1.29, 1.82) is 0 Å². The molecule has 2 nitrogen and oxygen atoms in total. The Kier molecular flexibility index (Phi) is 5.45. The molecule has 0 bridgehead atoms. The van der Waals surface area contributed by atoms with E-state index in [1.54, 1.807) is 0 Å². The van der Waals surface area contributed by atoms with E-state index >= 15 is 0 Å². The molecule has 3 heteroatoms. The minimum Gasteiger partial charge on any atom is -0.354 e. The molecule has 38 heavy (non-hydrogen) atoms. The Morgan fingerprint density at radius 3 is 2.39 bits per heavy atom. The number of aromatic nitrogens is 1. The van der Waals surface area contributed by atoms with Crippen LogP contribution in [0.1, 0.15) is 6.92 Å². The van der Waals surface area contributed by atoms with Crippen LogP contribution < -0.4 is 4.90 Å². The highest BCUT2D eigenvalue weighted by Crippen LogP contribution is 2.50. The molecule has 5 aromatic carbocycles. The molecule has 7 rings (SSSR count). The summed E-state index contributed by atoms with van der Waals surface area (Å²) in [6, 6.07) is 37.2. The van der Waals surface area contributed by atoms with Gasteiger partial charge in [-0.3, -0.25) is 0 Å². The number of fused-ring (bicyclic) bond motifs is 6. The fourth-order valence-corrected chi connectivity index (χ4v) is 6.56.